The molecule has 1 saturated heterocycles. The molecule has 0 aromatic heterocycles. The minimum absolute atomic E-state index is 0.0903. The molecule has 1 unspecified atom stereocenters. The second kappa shape index (κ2) is 9.30. The minimum atomic E-state index is -0.0903. The summed E-state index contributed by atoms with van der Waals surface area (Å²) in [4.78, 5) is 26.0. The Morgan fingerprint density at radius 3 is 2.83 bits per heavy atom. The van der Waals surface area contributed by atoms with Crippen molar-refractivity contribution >= 4 is 11.8 Å². The van der Waals surface area contributed by atoms with E-state index >= 15 is 0 Å². The van der Waals surface area contributed by atoms with E-state index in [2.05, 4.69) is 12.2 Å². The average molecular weight is 318 g/mol. The molecule has 0 aliphatic carbocycles. The van der Waals surface area contributed by atoms with Gasteiger partial charge in [-0.05, 0) is 25.0 Å². The highest BCUT2D eigenvalue weighted by atomic mass is 16.5. The van der Waals surface area contributed by atoms with Crippen LogP contribution in [0.1, 0.15) is 43.0 Å². The SMILES string of the molecule is CCCC1CN(C(=O)CCCNC(=O)c2ccccc2)CCO1. The molecular weight excluding hydrogens is 292 g/mol. The van der Waals surface area contributed by atoms with Gasteiger partial charge in [-0.3, -0.25) is 9.59 Å². The van der Waals surface area contributed by atoms with E-state index in [1.807, 2.05) is 23.1 Å². The van der Waals surface area contributed by atoms with Gasteiger partial charge in [-0.15, -0.1) is 0 Å². The molecule has 5 heteroatoms. The van der Waals surface area contributed by atoms with Gasteiger partial charge in [0.25, 0.3) is 5.91 Å². The molecule has 23 heavy (non-hydrogen) atoms. The third-order valence-corrected chi connectivity index (χ3v) is 3.99. The first kappa shape index (κ1) is 17.5. The fourth-order valence-electron chi connectivity index (χ4n) is 2.73. The number of carbonyl (C=O) groups is 2. The lowest BCUT2D eigenvalue weighted by Gasteiger charge is -2.33. The Labute approximate surface area is 138 Å². The number of nitrogens with zero attached hydrogens (tertiary/aromatic N) is 1. The summed E-state index contributed by atoms with van der Waals surface area (Å²) in [6, 6.07) is 9.11. The molecule has 1 heterocycles. The van der Waals surface area contributed by atoms with E-state index in [4.69, 9.17) is 4.74 Å². The normalized spacial score (nSPS) is 17.8. The zero-order valence-electron chi connectivity index (χ0n) is 13.8. The fraction of sp³-hybridized carbons (Fsp3) is 0.556. The summed E-state index contributed by atoms with van der Waals surface area (Å²) in [5.74, 6) is 0.0656. The van der Waals surface area contributed by atoms with Crippen LogP contribution in [0.4, 0.5) is 0 Å². The predicted octanol–water partition coefficient (Wildman–Crippen LogP) is 2.22. The molecule has 1 aliphatic heterocycles. The summed E-state index contributed by atoms with van der Waals surface area (Å²) in [6.45, 7) is 4.64. The lowest BCUT2D eigenvalue weighted by Crippen LogP contribution is -2.45. The van der Waals surface area contributed by atoms with Crippen LogP contribution in [-0.4, -0.2) is 49.1 Å². The lowest BCUT2D eigenvalue weighted by atomic mass is 10.1. The predicted molar refractivity (Wildman–Crippen MR) is 89.2 cm³/mol. The summed E-state index contributed by atoms with van der Waals surface area (Å²) in [6.07, 6.45) is 3.37. The van der Waals surface area contributed by atoms with Crippen LogP contribution in [-0.2, 0) is 9.53 Å². The number of amides is 2. The topological polar surface area (TPSA) is 58.6 Å². The van der Waals surface area contributed by atoms with Crippen LogP contribution in [0.3, 0.4) is 0 Å². The minimum Gasteiger partial charge on any atom is -0.375 e. The highest BCUT2D eigenvalue weighted by molar-refractivity contribution is 5.94. The lowest BCUT2D eigenvalue weighted by molar-refractivity contribution is -0.139. The van der Waals surface area contributed by atoms with Crippen LogP contribution in [0, 0.1) is 0 Å². The highest BCUT2D eigenvalue weighted by Gasteiger charge is 2.23. The summed E-state index contributed by atoms with van der Waals surface area (Å²) in [5, 5.41) is 2.85. The Morgan fingerprint density at radius 2 is 2.09 bits per heavy atom. The van der Waals surface area contributed by atoms with Crippen molar-refractivity contribution in [3.8, 4) is 0 Å². The third-order valence-electron chi connectivity index (χ3n) is 3.99. The zero-order valence-corrected chi connectivity index (χ0v) is 13.8. The van der Waals surface area contributed by atoms with Crippen molar-refractivity contribution in [1.82, 2.24) is 10.2 Å². The van der Waals surface area contributed by atoms with Crippen molar-refractivity contribution in [3.63, 3.8) is 0 Å². The molecule has 2 amide bonds. The zero-order chi connectivity index (χ0) is 16.5. The van der Waals surface area contributed by atoms with Gasteiger partial charge in [-0.1, -0.05) is 31.5 Å². The molecular formula is C18H26N2O3. The molecule has 126 valence electrons. The number of benzene rings is 1. The number of rotatable bonds is 7. The van der Waals surface area contributed by atoms with Crippen LogP contribution in [0.5, 0.6) is 0 Å². The van der Waals surface area contributed by atoms with E-state index in [0.717, 1.165) is 12.8 Å². The fourth-order valence-corrected chi connectivity index (χ4v) is 2.73. The summed E-state index contributed by atoms with van der Waals surface area (Å²) in [7, 11) is 0. The van der Waals surface area contributed by atoms with E-state index in [1.54, 1.807) is 12.1 Å². The van der Waals surface area contributed by atoms with Gasteiger partial charge >= 0.3 is 0 Å². The first-order valence-electron chi connectivity index (χ1n) is 8.43. The number of hydrogen-bond donors (Lipinski definition) is 1. The van der Waals surface area contributed by atoms with E-state index in [0.29, 0.717) is 44.6 Å². The molecule has 5 nitrogen and oxygen atoms in total. The van der Waals surface area contributed by atoms with Crippen LogP contribution in [0.15, 0.2) is 30.3 Å². The first-order chi connectivity index (χ1) is 11.2. The summed E-state index contributed by atoms with van der Waals surface area (Å²) in [5.41, 5.74) is 0.648. The number of nitrogens with one attached hydrogen (secondary N) is 1. The van der Waals surface area contributed by atoms with Gasteiger partial charge in [-0.2, -0.15) is 0 Å². The maximum absolute atomic E-state index is 12.2. The molecule has 0 radical (unpaired) electrons. The van der Waals surface area contributed by atoms with E-state index in [-0.39, 0.29) is 17.9 Å². The number of hydrogen-bond acceptors (Lipinski definition) is 3. The van der Waals surface area contributed by atoms with Crippen LogP contribution >= 0.6 is 0 Å². The molecule has 0 saturated carbocycles. The van der Waals surface area contributed by atoms with Crippen molar-refractivity contribution in [2.75, 3.05) is 26.2 Å². The van der Waals surface area contributed by atoms with Gasteiger partial charge in [0.05, 0.1) is 12.7 Å². The smallest absolute Gasteiger partial charge is 0.251 e. The molecule has 2 rings (SSSR count). The van der Waals surface area contributed by atoms with Crippen molar-refractivity contribution in [3.05, 3.63) is 35.9 Å². The molecule has 1 atom stereocenters. The van der Waals surface area contributed by atoms with Gasteiger partial charge in [-0.25, -0.2) is 0 Å². The van der Waals surface area contributed by atoms with Crippen LogP contribution < -0.4 is 5.32 Å². The van der Waals surface area contributed by atoms with Crippen LogP contribution in [0.25, 0.3) is 0 Å². The maximum Gasteiger partial charge on any atom is 0.251 e. The van der Waals surface area contributed by atoms with Crippen molar-refractivity contribution in [1.29, 1.82) is 0 Å². The Hall–Kier alpha value is -1.88. The summed E-state index contributed by atoms with van der Waals surface area (Å²) < 4.78 is 5.65. The summed E-state index contributed by atoms with van der Waals surface area (Å²) >= 11 is 0. The van der Waals surface area contributed by atoms with E-state index < -0.39 is 0 Å². The van der Waals surface area contributed by atoms with Crippen molar-refractivity contribution < 1.29 is 14.3 Å². The Bertz CT molecular complexity index is 502. The standard InChI is InChI=1S/C18H26N2O3/c1-2-7-16-14-20(12-13-23-16)17(21)10-6-11-19-18(22)15-8-4-3-5-9-15/h3-5,8-9,16H,2,6-7,10-14H2,1H3,(H,19,22). The molecule has 1 fully saturated rings. The highest BCUT2D eigenvalue weighted by Crippen LogP contribution is 2.12. The van der Waals surface area contributed by atoms with Gasteiger partial charge < -0.3 is 15.0 Å². The third kappa shape index (κ3) is 5.67. The molecule has 1 aromatic carbocycles. The van der Waals surface area contributed by atoms with Gasteiger partial charge in [0, 0.05) is 31.6 Å². The van der Waals surface area contributed by atoms with Gasteiger partial charge in [0.1, 0.15) is 0 Å². The second-order valence-corrected chi connectivity index (χ2v) is 5.85. The Balaban J connectivity index is 1.65. The maximum atomic E-state index is 12.2. The Morgan fingerprint density at radius 1 is 1.30 bits per heavy atom. The van der Waals surface area contributed by atoms with Gasteiger partial charge in [0.2, 0.25) is 5.91 Å². The number of carbonyl (C=O) groups excluding carboxylic acids is 2. The Kier molecular flexibility index (Phi) is 7.07. The molecule has 0 spiro atoms. The molecule has 0 bridgehead atoms. The van der Waals surface area contributed by atoms with Crippen molar-refractivity contribution in [2.24, 2.45) is 0 Å². The van der Waals surface area contributed by atoms with Crippen LogP contribution in [0.2, 0.25) is 0 Å². The largest absolute Gasteiger partial charge is 0.375 e. The van der Waals surface area contributed by atoms with E-state index in [9.17, 15) is 9.59 Å². The molecule has 1 aromatic rings. The average Bonchev–Trinajstić information content (AvgIpc) is 2.59. The number of ether oxygens (including phenoxy) is 1. The molecule has 1 aliphatic rings. The second-order valence-electron chi connectivity index (χ2n) is 5.85. The first-order valence-corrected chi connectivity index (χ1v) is 8.43. The quantitative estimate of drug-likeness (QED) is 0.784. The van der Waals surface area contributed by atoms with Crippen molar-refractivity contribution in [2.45, 2.75) is 38.7 Å². The monoisotopic (exact) mass is 318 g/mol. The molecule has 1 N–H and O–H groups in total. The van der Waals surface area contributed by atoms with E-state index in [1.165, 1.54) is 0 Å². The van der Waals surface area contributed by atoms with Gasteiger partial charge in [0.15, 0.2) is 0 Å². The number of morpholine rings is 1.